The van der Waals surface area contributed by atoms with Crippen LogP contribution in [0.15, 0.2) is 12.7 Å². The number of amides is 1. The molecule has 0 aromatic carbocycles. The Morgan fingerprint density at radius 2 is 2.33 bits per heavy atom. The molecule has 0 aromatic heterocycles. The fraction of sp³-hybridized carbons (Fsp3) is 0.750. The molecule has 0 saturated carbocycles. The van der Waals surface area contributed by atoms with Crippen LogP contribution >= 0.6 is 0 Å². The van der Waals surface area contributed by atoms with Crippen molar-refractivity contribution in [1.82, 2.24) is 4.90 Å². The van der Waals surface area contributed by atoms with Gasteiger partial charge < -0.3 is 9.64 Å². The van der Waals surface area contributed by atoms with Crippen molar-refractivity contribution >= 4 is 6.09 Å². The topological polar surface area (TPSA) is 29.3 Å². The van der Waals surface area contributed by atoms with Crippen molar-refractivity contribution in [1.29, 1.82) is 0 Å². The summed E-state index contributed by atoms with van der Waals surface area (Å²) in [6.07, 6.45) is 4.52. The van der Waals surface area contributed by atoms with Gasteiger partial charge in [-0.2, -0.15) is 0 Å². The predicted octanol–water partition coefficient (Wildman–Crippen LogP) is 2.96. The van der Waals surface area contributed by atoms with E-state index < -0.39 is 0 Å². The van der Waals surface area contributed by atoms with E-state index in [9.17, 15) is 4.79 Å². The second-order valence-corrected chi connectivity index (χ2v) is 4.65. The van der Waals surface area contributed by atoms with Crippen molar-refractivity contribution in [2.24, 2.45) is 0 Å². The van der Waals surface area contributed by atoms with Gasteiger partial charge in [0, 0.05) is 6.54 Å². The predicted molar refractivity (Wildman–Crippen MR) is 60.8 cm³/mol. The van der Waals surface area contributed by atoms with E-state index in [1.165, 1.54) is 0 Å². The van der Waals surface area contributed by atoms with Gasteiger partial charge in [0.05, 0.1) is 6.04 Å². The maximum atomic E-state index is 11.6. The minimum absolute atomic E-state index is 0.170. The van der Waals surface area contributed by atoms with E-state index in [-0.39, 0.29) is 11.7 Å². The first-order chi connectivity index (χ1) is 7.00. The molecule has 1 saturated heterocycles. The summed E-state index contributed by atoms with van der Waals surface area (Å²) >= 11 is 0. The van der Waals surface area contributed by atoms with Crippen LogP contribution in [0.3, 0.4) is 0 Å². The summed E-state index contributed by atoms with van der Waals surface area (Å²) < 4.78 is 5.38. The Hall–Kier alpha value is -0.990. The van der Waals surface area contributed by atoms with Gasteiger partial charge in [-0.15, -0.1) is 6.58 Å². The number of rotatable bonds is 5. The summed E-state index contributed by atoms with van der Waals surface area (Å²) in [6.45, 7) is 10.4. The number of hydrogen-bond acceptors (Lipinski definition) is 2. The normalized spacial score (nSPS) is 19.9. The number of nitrogens with zero attached hydrogens (tertiary/aromatic N) is 1. The summed E-state index contributed by atoms with van der Waals surface area (Å²) in [7, 11) is 0. The molecule has 3 heteroatoms. The highest BCUT2D eigenvalue weighted by molar-refractivity contribution is 5.71. The summed E-state index contributed by atoms with van der Waals surface area (Å²) in [6, 6.07) is 0.378. The highest BCUT2D eigenvalue weighted by Crippen LogP contribution is 2.26. The van der Waals surface area contributed by atoms with Crippen LogP contribution in [0.5, 0.6) is 0 Å². The van der Waals surface area contributed by atoms with Crippen molar-refractivity contribution in [2.75, 3.05) is 6.54 Å². The lowest BCUT2D eigenvalue weighted by Gasteiger charge is -2.23. The second kappa shape index (κ2) is 4.69. The molecule has 1 atom stereocenters. The smallest absolute Gasteiger partial charge is 0.410 e. The van der Waals surface area contributed by atoms with Gasteiger partial charge in [-0.3, -0.25) is 0 Å². The molecule has 1 heterocycles. The standard InChI is InChI=1S/C12H21NO2/c1-5-7-8-10-9-13(10)11(14)15-12(3,4)6-2/h5,10H,1,6-9H2,2-4H3. The molecular weight excluding hydrogens is 190 g/mol. The third kappa shape index (κ3) is 3.57. The molecular formula is C12H21NO2. The van der Waals surface area contributed by atoms with Gasteiger partial charge in [0.15, 0.2) is 0 Å². The average molecular weight is 211 g/mol. The van der Waals surface area contributed by atoms with Crippen LogP contribution in [0.4, 0.5) is 4.79 Å². The molecule has 3 nitrogen and oxygen atoms in total. The lowest BCUT2D eigenvalue weighted by atomic mass is 10.1. The molecule has 0 aliphatic carbocycles. The molecule has 1 fully saturated rings. The number of ether oxygens (including phenoxy) is 1. The highest BCUT2D eigenvalue weighted by atomic mass is 16.6. The molecule has 86 valence electrons. The van der Waals surface area contributed by atoms with Crippen LogP contribution in [-0.4, -0.2) is 29.2 Å². The third-order valence-electron chi connectivity index (χ3n) is 2.87. The number of carbonyl (C=O) groups excluding carboxylic acids is 1. The zero-order valence-corrected chi connectivity index (χ0v) is 9.95. The quantitative estimate of drug-likeness (QED) is 0.517. The summed E-state index contributed by atoms with van der Waals surface area (Å²) in [4.78, 5) is 13.4. The molecule has 1 amide bonds. The van der Waals surface area contributed by atoms with E-state index in [1.807, 2.05) is 26.8 Å². The van der Waals surface area contributed by atoms with Crippen LogP contribution in [0.2, 0.25) is 0 Å². The maximum Gasteiger partial charge on any atom is 0.410 e. The van der Waals surface area contributed by atoms with E-state index in [2.05, 4.69) is 6.58 Å². The Morgan fingerprint density at radius 3 is 2.87 bits per heavy atom. The lowest BCUT2D eigenvalue weighted by Crippen LogP contribution is -2.30. The van der Waals surface area contributed by atoms with E-state index in [0.29, 0.717) is 6.04 Å². The molecule has 0 aromatic rings. The maximum absolute atomic E-state index is 11.6. The van der Waals surface area contributed by atoms with Crippen molar-refractivity contribution < 1.29 is 9.53 Å². The summed E-state index contributed by atoms with van der Waals surface area (Å²) in [5, 5.41) is 0. The minimum atomic E-state index is -0.345. The zero-order chi connectivity index (χ0) is 11.5. The Balaban J connectivity index is 2.29. The Morgan fingerprint density at radius 1 is 1.67 bits per heavy atom. The van der Waals surface area contributed by atoms with Crippen LogP contribution < -0.4 is 0 Å². The van der Waals surface area contributed by atoms with Gasteiger partial charge in [-0.05, 0) is 33.1 Å². The molecule has 0 radical (unpaired) electrons. The van der Waals surface area contributed by atoms with Gasteiger partial charge in [0.2, 0.25) is 0 Å². The first kappa shape index (κ1) is 12.1. The van der Waals surface area contributed by atoms with Gasteiger partial charge >= 0.3 is 6.09 Å². The molecule has 0 N–H and O–H groups in total. The van der Waals surface area contributed by atoms with Gasteiger partial charge in [0.1, 0.15) is 5.60 Å². The molecule has 0 spiro atoms. The van der Waals surface area contributed by atoms with Crippen LogP contribution in [0.25, 0.3) is 0 Å². The molecule has 1 unspecified atom stereocenters. The first-order valence-electron chi connectivity index (χ1n) is 5.60. The highest BCUT2D eigenvalue weighted by Gasteiger charge is 2.40. The monoisotopic (exact) mass is 211 g/mol. The Bertz CT molecular complexity index is 248. The number of hydrogen-bond donors (Lipinski definition) is 0. The van der Waals surface area contributed by atoms with Gasteiger partial charge in [-0.25, -0.2) is 4.79 Å². The fourth-order valence-electron chi connectivity index (χ4n) is 1.33. The SMILES string of the molecule is C=CCCC1CN1C(=O)OC(C)(C)CC. The molecule has 0 bridgehead atoms. The summed E-state index contributed by atoms with van der Waals surface area (Å²) in [5.74, 6) is 0. The van der Waals surface area contributed by atoms with Gasteiger partial charge in [-0.1, -0.05) is 13.0 Å². The van der Waals surface area contributed by atoms with E-state index in [4.69, 9.17) is 4.74 Å². The number of carbonyl (C=O) groups is 1. The van der Waals surface area contributed by atoms with Crippen molar-refractivity contribution in [2.45, 2.75) is 51.7 Å². The molecule has 1 aliphatic heterocycles. The van der Waals surface area contributed by atoms with Crippen LogP contribution in [0, 0.1) is 0 Å². The van der Waals surface area contributed by atoms with Gasteiger partial charge in [0.25, 0.3) is 0 Å². The third-order valence-corrected chi connectivity index (χ3v) is 2.87. The van der Waals surface area contributed by atoms with E-state index >= 15 is 0 Å². The molecule has 1 rings (SSSR count). The largest absolute Gasteiger partial charge is 0.443 e. The lowest BCUT2D eigenvalue weighted by molar-refractivity contribution is 0.0253. The van der Waals surface area contributed by atoms with E-state index in [1.54, 1.807) is 4.90 Å². The number of allylic oxidation sites excluding steroid dienone is 1. The fourth-order valence-corrected chi connectivity index (χ4v) is 1.33. The van der Waals surface area contributed by atoms with Crippen molar-refractivity contribution in [3.63, 3.8) is 0 Å². The Kier molecular flexibility index (Phi) is 3.77. The zero-order valence-electron chi connectivity index (χ0n) is 9.95. The average Bonchev–Trinajstić information content (AvgIpc) is 2.93. The first-order valence-corrected chi connectivity index (χ1v) is 5.60. The van der Waals surface area contributed by atoms with Crippen molar-refractivity contribution in [3.8, 4) is 0 Å². The molecule has 1 aliphatic rings. The van der Waals surface area contributed by atoms with Crippen LogP contribution in [0.1, 0.15) is 40.0 Å². The van der Waals surface area contributed by atoms with Crippen molar-refractivity contribution in [3.05, 3.63) is 12.7 Å². The minimum Gasteiger partial charge on any atom is -0.443 e. The summed E-state index contributed by atoms with van der Waals surface area (Å²) in [5.41, 5.74) is -0.345. The molecule has 15 heavy (non-hydrogen) atoms. The van der Waals surface area contributed by atoms with Crippen LogP contribution in [-0.2, 0) is 4.74 Å². The Labute approximate surface area is 92.1 Å². The second-order valence-electron chi connectivity index (χ2n) is 4.65. The van der Waals surface area contributed by atoms with E-state index in [0.717, 1.165) is 25.8 Å².